The highest BCUT2D eigenvalue weighted by Gasteiger charge is 2.25. The molecule has 130 valence electrons. The summed E-state index contributed by atoms with van der Waals surface area (Å²) in [5, 5.41) is 4.24. The van der Waals surface area contributed by atoms with Crippen molar-refractivity contribution in [2.75, 3.05) is 13.1 Å². The van der Waals surface area contributed by atoms with Gasteiger partial charge >= 0.3 is 0 Å². The second-order valence-corrected chi connectivity index (χ2v) is 6.48. The quantitative estimate of drug-likeness (QED) is 0.639. The molecular formula is C17H20N6O2. The number of rotatable bonds is 1. The minimum Gasteiger partial charge on any atom is -0.338 e. The maximum Gasteiger partial charge on any atom is 0.259 e. The van der Waals surface area contributed by atoms with E-state index in [1.54, 1.807) is 27.2 Å². The molecule has 0 spiro atoms. The summed E-state index contributed by atoms with van der Waals surface area (Å²) in [5.74, 6) is 0.642. The van der Waals surface area contributed by atoms with Gasteiger partial charge in [0.2, 0.25) is 0 Å². The van der Waals surface area contributed by atoms with Crippen molar-refractivity contribution in [3.63, 3.8) is 0 Å². The van der Waals surface area contributed by atoms with Crippen molar-refractivity contribution in [3.8, 4) is 0 Å². The van der Waals surface area contributed by atoms with E-state index in [1.165, 1.54) is 0 Å². The first-order valence-corrected chi connectivity index (χ1v) is 8.30. The van der Waals surface area contributed by atoms with Crippen LogP contribution in [0.2, 0.25) is 0 Å². The van der Waals surface area contributed by atoms with E-state index in [0.717, 1.165) is 16.9 Å². The summed E-state index contributed by atoms with van der Waals surface area (Å²) < 4.78 is 5.15. The molecule has 0 bridgehead atoms. The van der Waals surface area contributed by atoms with Crippen LogP contribution in [0.4, 0.5) is 0 Å². The van der Waals surface area contributed by atoms with Crippen LogP contribution in [0.3, 0.4) is 0 Å². The van der Waals surface area contributed by atoms with Crippen LogP contribution in [-0.4, -0.2) is 47.6 Å². The topological polar surface area (TPSA) is 77.4 Å². The number of fused-ring (bicyclic) bond motifs is 2. The minimum absolute atomic E-state index is 0.00726. The molecule has 0 radical (unpaired) electrons. The number of nitrogens with zero attached hydrogens (tertiary/aromatic N) is 6. The van der Waals surface area contributed by atoms with E-state index in [2.05, 4.69) is 10.1 Å². The predicted molar refractivity (Wildman–Crippen MR) is 91.7 cm³/mol. The number of carbonyl (C=O) groups is 1. The van der Waals surface area contributed by atoms with E-state index < -0.39 is 0 Å². The molecule has 0 atom stereocenters. The zero-order valence-electron chi connectivity index (χ0n) is 14.6. The summed E-state index contributed by atoms with van der Waals surface area (Å²) in [7, 11) is 3.63. The molecule has 8 heteroatoms. The van der Waals surface area contributed by atoms with E-state index in [0.29, 0.717) is 37.3 Å². The van der Waals surface area contributed by atoms with Crippen LogP contribution < -0.4 is 5.56 Å². The van der Waals surface area contributed by atoms with Crippen molar-refractivity contribution in [3.05, 3.63) is 51.6 Å². The van der Waals surface area contributed by atoms with Crippen molar-refractivity contribution in [2.45, 2.75) is 19.8 Å². The van der Waals surface area contributed by atoms with E-state index in [1.807, 2.05) is 30.9 Å². The van der Waals surface area contributed by atoms with Gasteiger partial charge in [0, 0.05) is 51.6 Å². The number of hydrogen-bond donors (Lipinski definition) is 0. The Morgan fingerprint density at radius 2 is 1.92 bits per heavy atom. The van der Waals surface area contributed by atoms with Gasteiger partial charge in [0.15, 0.2) is 0 Å². The normalized spacial score (nSPS) is 14.6. The lowest BCUT2D eigenvalue weighted by atomic mass is 10.1. The van der Waals surface area contributed by atoms with Crippen LogP contribution in [0.1, 0.15) is 27.4 Å². The first-order valence-electron chi connectivity index (χ1n) is 8.30. The minimum atomic E-state index is -0.0573. The largest absolute Gasteiger partial charge is 0.338 e. The molecule has 0 N–H and O–H groups in total. The summed E-state index contributed by atoms with van der Waals surface area (Å²) in [5.41, 5.74) is 2.89. The summed E-state index contributed by atoms with van der Waals surface area (Å²) in [6.45, 7) is 2.88. The molecule has 0 saturated heterocycles. The fourth-order valence-electron chi connectivity index (χ4n) is 3.44. The number of amides is 1. The molecule has 0 saturated carbocycles. The van der Waals surface area contributed by atoms with Gasteiger partial charge in [0.25, 0.3) is 11.5 Å². The van der Waals surface area contributed by atoms with Gasteiger partial charge in [-0.05, 0) is 13.3 Å². The van der Waals surface area contributed by atoms with E-state index >= 15 is 0 Å². The van der Waals surface area contributed by atoms with E-state index in [-0.39, 0.29) is 11.5 Å². The van der Waals surface area contributed by atoms with Gasteiger partial charge in [-0.15, -0.1) is 0 Å². The predicted octanol–water partition coefficient (Wildman–Crippen LogP) is 0.316. The maximum atomic E-state index is 13.0. The highest BCUT2D eigenvalue weighted by molar-refractivity contribution is 5.99. The Balaban J connectivity index is 1.66. The summed E-state index contributed by atoms with van der Waals surface area (Å²) in [6, 6.07) is 0. The third-order valence-corrected chi connectivity index (χ3v) is 5.00. The fourth-order valence-corrected chi connectivity index (χ4v) is 3.44. The third kappa shape index (κ3) is 2.36. The molecule has 4 heterocycles. The molecule has 3 aromatic heterocycles. The fraction of sp³-hybridized carbons (Fsp3) is 0.412. The molecule has 25 heavy (non-hydrogen) atoms. The molecule has 3 aromatic rings. The Labute approximate surface area is 144 Å². The maximum absolute atomic E-state index is 13.0. The van der Waals surface area contributed by atoms with E-state index in [4.69, 9.17) is 0 Å². The second kappa shape index (κ2) is 5.58. The first-order chi connectivity index (χ1) is 12.0. The SMILES string of the molecule is Cc1nc2c(c(=O)n1C)CCN(C(=O)c1cnn3ccn(C)c13)CC2. The van der Waals surface area contributed by atoms with Gasteiger partial charge in [-0.25, -0.2) is 9.50 Å². The molecule has 0 aliphatic carbocycles. The zero-order valence-corrected chi connectivity index (χ0v) is 14.6. The summed E-state index contributed by atoms with van der Waals surface area (Å²) >= 11 is 0. The number of carbonyl (C=O) groups excluding carboxylic acids is 1. The molecule has 0 aromatic carbocycles. The Morgan fingerprint density at radius 1 is 1.16 bits per heavy atom. The standard InChI is InChI=1S/C17H20N6O2/c1-11-19-14-5-7-22(6-4-12(14)16(24)21(11)3)17(25)13-10-18-23-9-8-20(2)15(13)23/h8-10H,4-7H2,1-3H3. The Morgan fingerprint density at radius 3 is 2.72 bits per heavy atom. The number of aryl methyl sites for hydroxylation is 2. The van der Waals surface area contributed by atoms with Gasteiger partial charge < -0.3 is 9.47 Å². The molecule has 1 aliphatic rings. The lowest BCUT2D eigenvalue weighted by Crippen LogP contribution is -2.33. The van der Waals surface area contributed by atoms with Crippen molar-refractivity contribution in [1.29, 1.82) is 0 Å². The number of imidazole rings is 1. The first kappa shape index (κ1) is 15.6. The summed E-state index contributed by atoms with van der Waals surface area (Å²) in [4.78, 5) is 31.8. The lowest BCUT2D eigenvalue weighted by Gasteiger charge is -2.19. The Hall–Kier alpha value is -2.90. The molecule has 8 nitrogen and oxygen atoms in total. The highest BCUT2D eigenvalue weighted by Crippen LogP contribution is 2.17. The number of aromatic nitrogens is 5. The zero-order chi connectivity index (χ0) is 17.7. The second-order valence-electron chi connectivity index (χ2n) is 6.48. The van der Waals surface area contributed by atoms with Crippen molar-refractivity contribution in [2.24, 2.45) is 14.1 Å². The van der Waals surface area contributed by atoms with E-state index in [9.17, 15) is 9.59 Å². The van der Waals surface area contributed by atoms with Crippen LogP contribution in [0.5, 0.6) is 0 Å². The van der Waals surface area contributed by atoms with Crippen LogP contribution in [0.15, 0.2) is 23.4 Å². The summed E-state index contributed by atoms with van der Waals surface area (Å²) in [6.07, 6.45) is 6.42. The Kier molecular flexibility index (Phi) is 3.48. The van der Waals surface area contributed by atoms with Gasteiger partial charge in [-0.3, -0.25) is 14.2 Å². The molecular weight excluding hydrogens is 320 g/mol. The van der Waals surface area contributed by atoms with Crippen LogP contribution in [-0.2, 0) is 26.9 Å². The molecule has 0 unspecified atom stereocenters. The highest BCUT2D eigenvalue weighted by atomic mass is 16.2. The van der Waals surface area contributed by atoms with Gasteiger partial charge in [-0.1, -0.05) is 0 Å². The molecule has 1 amide bonds. The third-order valence-electron chi connectivity index (χ3n) is 5.00. The Bertz CT molecular complexity index is 1040. The van der Waals surface area contributed by atoms with Crippen molar-refractivity contribution < 1.29 is 4.79 Å². The molecule has 0 fully saturated rings. The molecule has 1 aliphatic heterocycles. The monoisotopic (exact) mass is 340 g/mol. The smallest absolute Gasteiger partial charge is 0.259 e. The van der Waals surface area contributed by atoms with Gasteiger partial charge in [0.1, 0.15) is 17.0 Å². The average molecular weight is 340 g/mol. The average Bonchev–Trinajstić information content (AvgIpc) is 3.10. The van der Waals surface area contributed by atoms with Crippen molar-refractivity contribution >= 4 is 11.6 Å². The molecule has 4 rings (SSSR count). The lowest BCUT2D eigenvalue weighted by molar-refractivity contribution is 0.0764. The number of hydrogen-bond acceptors (Lipinski definition) is 4. The van der Waals surface area contributed by atoms with Crippen LogP contribution in [0.25, 0.3) is 5.65 Å². The van der Waals surface area contributed by atoms with Crippen LogP contribution in [0, 0.1) is 6.92 Å². The van der Waals surface area contributed by atoms with Crippen molar-refractivity contribution in [1.82, 2.24) is 28.6 Å². The van der Waals surface area contributed by atoms with Gasteiger partial charge in [0.05, 0.1) is 11.9 Å². The van der Waals surface area contributed by atoms with Crippen LogP contribution >= 0.6 is 0 Å². The van der Waals surface area contributed by atoms with Gasteiger partial charge in [-0.2, -0.15) is 5.10 Å².